The summed E-state index contributed by atoms with van der Waals surface area (Å²) >= 11 is 0. The van der Waals surface area contributed by atoms with Gasteiger partial charge in [-0.3, -0.25) is 9.59 Å². The lowest BCUT2D eigenvalue weighted by atomic mass is 9.87. The molecule has 6 nitrogen and oxygen atoms in total. The predicted octanol–water partition coefficient (Wildman–Crippen LogP) is 10.4. The summed E-state index contributed by atoms with van der Waals surface area (Å²) in [6, 6.07) is 0. The standard InChI is InChI=1S/C40H78N2O4/c1-5-24-37(6-2)29-35-45-39(43)27-20-13-9-7-11-15-22-31-42(34-33-41(3)4)32-23-16-12-8-10-14-21-28-40(44)46-36-30-38-25-18-17-19-26-38/h37-38H,5-36H2,1-4H3. The highest BCUT2D eigenvalue weighted by Crippen LogP contribution is 2.26. The van der Waals surface area contributed by atoms with E-state index in [0.717, 1.165) is 57.5 Å². The van der Waals surface area contributed by atoms with Crippen LogP contribution in [0.2, 0.25) is 0 Å². The molecule has 1 saturated carbocycles. The average molecular weight is 651 g/mol. The van der Waals surface area contributed by atoms with E-state index in [1.807, 2.05) is 0 Å². The van der Waals surface area contributed by atoms with Crippen LogP contribution in [0.4, 0.5) is 0 Å². The molecule has 0 N–H and O–H groups in total. The topological polar surface area (TPSA) is 59.1 Å². The van der Waals surface area contributed by atoms with E-state index in [0.29, 0.717) is 32.0 Å². The van der Waals surface area contributed by atoms with Crippen molar-refractivity contribution in [3.05, 3.63) is 0 Å². The third kappa shape index (κ3) is 26.9. The summed E-state index contributed by atoms with van der Waals surface area (Å²) in [6.07, 6.45) is 30.8. The number of carbonyl (C=O) groups excluding carboxylic acids is 2. The van der Waals surface area contributed by atoms with E-state index in [2.05, 4.69) is 37.7 Å². The second-order valence-electron chi connectivity index (χ2n) is 14.7. The number of esters is 2. The summed E-state index contributed by atoms with van der Waals surface area (Å²) in [4.78, 5) is 29.0. The fourth-order valence-electron chi connectivity index (χ4n) is 6.91. The van der Waals surface area contributed by atoms with Crippen LogP contribution < -0.4 is 0 Å². The van der Waals surface area contributed by atoms with Crippen molar-refractivity contribution in [2.45, 2.75) is 181 Å². The third-order valence-corrected chi connectivity index (χ3v) is 10.2. The van der Waals surface area contributed by atoms with Gasteiger partial charge in [-0.15, -0.1) is 0 Å². The highest BCUT2D eigenvalue weighted by Gasteiger charge is 2.14. The zero-order chi connectivity index (χ0) is 33.5. The van der Waals surface area contributed by atoms with Gasteiger partial charge in [0.05, 0.1) is 13.2 Å². The van der Waals surface area contributed by atoms with Gasteiger partial charge in [0, 0.05) is 25.9 Å². The zero-order valence-corrected chi connectivity index (χ0v) is 31.3. The Bertz CT molecular complexity index is 654. The summed E-state index contributed by atoms with van der Waals surface area (Å²) < 4.78 is 11.0. The van der Waals surface area contributed by atoms with Crippen molar-refractivity contribution >= 4 is 11.9 Å². The van der Waals surface area contributed by atoms with Crippen molar-refractivity contribution in [3.8, 4) is 0 Å². The first-order valence-electron chi connectivity index (χ1n) is 20.1. The first-order chi connectivity index (χ1) is 22.4. The van der Waals surface area contributed by atoms with Gasteiger partial charge in [-0.1, -0.05) is 129 Å². The molecule has 0 bridgehead atoms. The van der Waals surface area contributed by atoms with Crippen LogP contribution in [0.5, 0.6) is 0 Å². The minimum absolute atomic E-state index is 0.00188. The molecule has 1 aliphatic rings. The Labute approximate surface area is 286 Å². The van der Waals surface area contributed by atoms with Crippen LogP contribution in [-0.2, 0) is 19.1 Å². The maximum Gasteiger partial charge on any atom is 0.305 e. The third-order valence-electron chi connectivity index (χ3n) is 10.2. The minimum Gasteiger partial charge on any atom is -0.466 e. The van der Waals surface area contributed by atoms with Crippen molar-refractivity contribution in [2.75, 3.05) is 53.5 Å². The predicted molar refractivity (Wildman–Crippen MR) is 195 cm³/mol. The lowest BCUT2D eigenvalue weighted by Gasteiger charge is -2.24. The Hall–Kier alpha value is -1.14. The van der Waals surface area contributed by atoms with Gasteiger partial charge in [-0.05, 0) is 77.5 Å². The van der Waals surface area contributed by atoms with Crippen LogP contribution >= 0.6 is 0 Å². The van der Waals surface area contributed by atoms with Crippen molar-refractivity contribution in [3.63, 3.8) is 0 Å². The number of nitrogens with zero attached hydrogens (tertiary/aromatic N) is 2. The summed E-state index contributed by atoms with van der Waals surface area (Å²) in [5.74, 6) is 1.51. The van der Waals surface area contributed by atoms with E-state index in [1.54, 1.807) is 0 Å². The Morgan fingerprint density at radius 3 is 1.61 bits per heavy atom. The first kappa shape index (κ1) is 42.9. The van der Waals surface area contributed by atoms with E-state index in [-0.39, 0.29) is 11.9 Å². The van der Waals surface area contributed by atoms with Gasteiger partial charge in [0.25, 0.3) is 0 Å². The van der Waals surface area contributed by atoms with E-state index in [4.69, 9.17) is 9.47 Å². The number of unbranched alkanes of at least 4 members (excludes halogenated alkanes) is 12. The van der Waals surface area contributed by atoms with E-state index in [9.17, 15) is 9.59 Å². The zero-order valence-electron chi connectivity index (χ0n) is 31.3. The molecule has 0 spiro atoms. The van der Waals surface area contributed by atoms with Gasteiger partial charge in [-0.25, -0.2) is 0 Å². The van der Waals surface area contributed by atoms with Crippen molar-refractivity contribution in [2.24, 2.45) is 11.8 Å². The van der Waals surface area contributed by atoms with Gasteiger partial charge < -0.3 is 19.3 Å². The molecular weight excluding hydrogens is 572 g/mol. The molecule has 272 valence electrons. The number of likely N-dealkylation sites (N-methyl/N-ethyl adjacent to an activating group) is 1. The quantitative estimate of drug-likeness (QED) is 0.0533. The average Bonchev–Trinajstić information content (AvgIpc) is 3.05. The molecule has 0 radical (unpaired) electrons. The van der Waals surface area contributed by atoms with Crippen molar-refractivity contribution in [1.82, 2.24) is 9.80 Å². The molecule has 0 aromatic rings. The van der Waals surface area contributed by atoms with Gasteiger partial charge in [-0.2, -0.15) is 0 Å². The fraction of sp³-hybridized carbons (Fsp3) is 0.950. The van der Waals surface area contributed by atoms with Crippen molar-refractivity contribution in [1.29, 1.82) is 0 Å². The Morgan fingerprint density at radius 1 is 0.609 bits per heavy atom. The molecule has 0 aliphatic heterocycles. The highest BCUT2D eigenvalue weighted by atomic mass is 16.5. The van der Waals surface area contributed by atoms with Gasteiger partial charge in [0.1, 0.15) is 0 Å². The van der Waals surface area contributed by atoms with Crippen LogP contribution in [0, 0.1) is 11.8 Å². The molecule has 1 atom stereocenters. The van der Waals surface area contributed by atoms with E-state index >= 15 is 0 Å². The number of hydrogen-bond acceptors (Lipinski definition) is 6. The second-order valence-corrected chi connectivity index (χ2v) is 14.7. The second kappa shape index (κ2) is 31.1. The molecule has 0 aromatic carbocycles. The van der Waals surface area contributed by atoms with E-state index < -0.39 is 0 Å². The highest BCUT2D eigenvalue weighted by molar-refractivity contribution is 5.69. The Kier molecular flexibility index (Phi) is 29.0. The van der Waals surface area contributed by atoms with Gasteiger partial charge >= 0.3 is 11.9 Å². The molecule has 0 heterocycles. The van der Waals surface area contributed by atoms with Crippen LogP contribution in [0.25, 0.3) is 0 Å². The molecule has 0 saturated heterocycles. The first-order valence-corrected chi connectivity index (χ1v) is 20.1. The van der Waals surface area contributed by atoms with Crippen molar-refractivity contribution < 1.29 is 19.1 Å². The Morgan fingerprint density at radius 2 is 1.11 bits per heavy atom. The lowest BCUT2D eigenvalue weighted by Crippen LogP contribution is -2.33. The molecular formula is C40H78N2O4. The molecule has 0 amide bonds. The van der Waals surface area contributed by atoms with Gasteiger partial charge in [0.2, 0.25) is 0 Å². The number of rotatable bonds is 32. The lowest BCUT2D eigenvalue weighted by molar-refractivity contribution is -0.145. The monoisotopic (exact) mass is 651 g/mol. The SMILES string of the molecule is CCCC(CC)CCOC(=O)CCCCCCCCCN(CCCCCCCCCC(=O)OCCC1CCCCC1)CCN(C)C. The summed E-state index contributed by atoms with van der Waals surface area (Å²) in [6.45, 7) is 10.4. The number of ether oxygens (including phenoxy) is 2. The van der Waals surface area contributed by atoms with Crippen LogP contribution in [0.1, 0.15) is 181 Å². The normalized spacial score (nSPS) is 14.7. The molecule has 46 heavy (non-hydrogen) atoms. The Balaban J connectivity index is 1.97. The largest absolute Gasteiger partial charge is 0.466 e. The maximum absolute atomic E-state index is 12.0. The minimum atomic E-state index is -0.00188. The number of hydrogen-bond donors (Lipinski definition) is 0. The van der Waals surface area contributed by atoms with Crippen LogP contribution in [-0.4, -0.2) is 75.2 Å². The number of carbonyl (C=O) groups is 2. The summed E-state index contributed by atoms with van der Waals surface area (Å²) in [5, 5.41) is 0. The van der Waals surface area contributed by atoms with E-state index in [1.165, 1.54) is 129 Å². The summed E-state index contributed by atoms with van der Waals surface area (Å²) in [7, 11) is 4.34. The molecule has 6 heteroatoms. The molecule has 1 rings (SSSR count). The van der Waals surface area contributed by atoms with Crippen LogP contribution in [0.3, 0.4) is 0 Å². The molecule has 0 aromatic heterocycles. The summed E-state index contributed by atoms with van der Waals surface area (Å²) in [5.41, 5.74) is 0. The maximum atomic E-state index is 12.0. The smallest absolute Gasteiger partial charge is 0.305 e. The molecule has 1 aliphatic carbocycles. The molecule has 1 fully saturated rings. The molecule has 1 unspecified atom stereocenters. The fourth-order valence-corrected chi connectivity index (χ4v) is 6.91. The van der Waals surface area contributed by atoms with Gasteiger partial charge in [0.15, 0.2) is 0 Å². The van der Waals surface area contributed by atoms with Crippen LogP contribution in [0.15, 0.2) is 0 Å².